The van der Waals surface area contributed by atoms with Crippen molar-refractivity contribution in [1.29, 1.82) is 0 Å². The first kappa shape index (κ1) is 19.8. The van der Waals surface area contributed by atoms with Crippen molar-refractivity contribution in [3.63, 3.8) is 0 Å². The van der Waals surface area contributed by atoms with Crippen molar-refractivity contribution in [3.05, 3.63) is 101 Å². The second-order valence-electron chi connectivity index (χ2n) is 7.29. The maximum absolute atomic E-state index is 6.25. The second kappa shape index (κ2) is 9.31. The molecule has 0 amide bonds. The zero-order chi connectivity index (χ0) is 20.8. The van der Waals surface area contributed by atoms with E-state index in [-0.39, 0.29) is 0 Å². The molecule has 3 aromatic carbocycles. The van der Waals surface area contributed by atoms with Gasteiger partial charge in [0.1, 0.15) is 24.7 Å². The monoisotopic (exact) mass is 398 g/mol. The number of nitrogens with zero attached hydrogens (tertiary/aromatic N) is 1. The summed E-state index contributed by atoms with van der Waals surface area (Å²) in [5.74, 6) is 1.62. The van der Waals surface area contributed by atoms with Crippen LogP contribution in [0.4, 0.5) is 0 Å². The number of aryl methyl sites for hydroxylation is 2. The molecule has 0 aliphatic rings. The molecule has 0 aliphatic carbocycles. The number of aromatic amines is 1. The lowest BCUT2D eigenvalue weighted by atomic mass is 10.0. The largest absolute Gasteiger partial charge is 0.488 e. The molecule has 0 fully saturated rings. The summed E-state index contributed by atoms with van der Waals surface area (Å²) in [5, 5.41) is 7.48. The highest BCUT2D eigenvalue weighted by atomic mass is 16.5. The number of aromatic nitrogens is 2. The van der Waals surface area contributed by atoms with E-state index < -0.39 is 0 Å². The summed E-state index contributed by atoms with van der Waals surface area (Å²) >= 11 is 0. The topological polar surface area (TPSA) is 47.1 Å². The van der Waals surface area contributed by atoms with Crippen LogP contribution in [0.1, 0.15) is 29.3 Å². The van der Waals surface area contributed by atoms with Gasteiger partial charge in [-0.25, -0.2) is 0 Å². The third-order valence-electron chi connectivity index (χ3n) is 5.00. The predicted molar refractivity (Wildman–Crippen MR) is 120 cm³/mol. The van der Waals surface area contributed by atoms with Gasteiger partial charge in [0.05, 0.1) is 5.69 Å². The van der Waals surface area contributed by atoms with E-state index in [0.29, 0.717) is 13.2 Å². The van der Waals surface area contributed by atoms with Gasteiger partial charge < -0.3 is 9.47 Å². The smallest absolute Gasteiger partial charge is 0.132 e. The maximum atomic E-state index is 6.25. The molecule has 4 nitrogen and oxygen atoms in total. The SMILES string of the molecule is CCc1cc(-c2cc(C)[nH]n2)c(OCc2ccccc2)cc1OCc1ccccc1. The van der Waals surface area contributed by atoms with Crippen LogP contribution in [-0.4, -0.2) is 10.2 Å². The Labute approximate surface area is 177 Å². The van der Waals surface area contributed by atoms with Gasteiger partial charge in [-0.3, -0.25) is 5.10 Å². The van der Waals surface area contributed by atoms with E-state index in [0.717, 1.165) is 51.6 Å². The van der Waals surface area contributed by atoms with Crippen LogP contribution in [0, 0.1) is 6.92 Å². The first-order valence-corrected chi connectivity index (χ1v) is 10.3. The standard InChI is InChI=1S/C26H26N2O2/c1-3-22-15-23(24-14-19(2)27-28-24)26(30-18-21-12-8-5-9-13-21)16-25(22)29-17-20-10-6-4-7-11-20/h4-16H,3,17-18H2,1-2H3,(H,27,28). The lowest BCUT2D eigenvalue weighted by Crippen LogP contribution is -2.02. The summed E-state index contributed by atoms with van der Waals surface area (Å²) in [6.07, 6.45) is 0.861. The summed E-state index contributed by atoms with van der Waals surface area (Å²) in [7, 11) is 0. The maximum Gasteiger partial charge on any atom is 0.132 e. The van der Waals surface area contributed by atoms with Gasteiger partial charge in [0.25, 0.3) is 0 Å². The number of hydrogen-bond acceptors (Lipinski definition) is 3. The summed E-state index contributed by atoms with van der Waals surface area (Å²) in [5.41, 5.74) is 6.25. The molecule has 0 unspecified atom stereocenters. The van der Waals surface area contributed by atoms with Crippen molar-refractivity contribution in [2.24, 2.45) is 0 Å². The quantitative estimate of drug-likeness (QED) is 0.390. The van der Waals surface area contributed by atoms with E-state index >= 15 is 0 Å². The van der Waals surface area contributed by atoms with Crippen molar-refractivity contribution in [1.82, 2.24) is 10.2 Å². The van der Waals surface area contributed by atoms with Gasteiger partial charge in [-0.15, -0.1) is 0 Å². The molecule has 0 saturated heterocycles. The van der Waals surface area contributed by atoms with Crippen molar-refractivity contribution in [3.8, 4) is 22.8 Å². The normalized spacial score (nSPS) is 10.7. The van der Waals surface area contributed by atoms with Gasteiger partial charge in [0, 0.05) is 17.3 Å². The van der Waals surface area contributed by atoms with E-state index in [4.69, 9.17) is 9.47 Å². The van der Waals surface area contributed by atoms with Crippen molar-refractivity contribution < 1.29 is 9.47 Å². The Hall–Kier alpha value is -3.53. The van der Waals surface area contributed by atoms with Gasteiger partial charge in [-0.05, 0) is 42.2 Å². The molecule has 1 aromatic heterocycles. The third-order valence-corrected chi connectivity index (χ3v) is 5.00. The number of benzene rings is 3. The van der Waals surface area contributed by atoms with Crippen LogP contribution < -0.4 is 9.47 Å². The number of nitrogens with one attached hydrogen (secondary N) is 1. The molecule has 152 valence electrons. The summed E-state index contributed by atoms with van der Waals surface area (Å²) in [6, 6.07) is 26.5. The van der Waals surface area contributed by atoms with Crippen LogP contribution in [0.3, 0.4) is 0 Å². The van der Waals surface area contributed by atoms with E-state index in [9.17, 15) is 0 Å². The summed E-state index contributed by atoms with van der Waals surface area (Å²) in [4.78, 5) is 0. The zero-order valence-electron chi connectivity index (χ0n) is 17.4. The Bertz CT molecular complexity index is 1090. The molecule has 1 heterocycles. The highest BCUT2D eigenvalue weighted by Gasteiger charge is 2.15. The Balaban J connectivity index is 1.66. The molecule has 4 rings (SSSR count). The molecule has 0 radical (unpaired) electrons. The average Bonchev–Trinajstić information content (AvgIpc) is 3.23. The van der Waals surface area contributed by atoms with E-state index in [1.165, 1.54) is 0 Å². The molecule has 0 spiro atoms. The minimum Gasteiger partial charge on any atom is -0.488 e. The molecule has 1 N–H and O–H groups in total. The van der Waals surface area contributed by atoms with Gasteiger partial charge in [0.2, 0.25) is 0 Å². The van der Waals surface area contributed by atoms with Crippen LogP contribution in [0.5, 0.6) is 11.5 Å². The minimum absolute atomic E-state index is 0.487. The van der Waals surface area contributed by atoms with E-state index in [1.807, 2.05) is 55.5 Å². The van der Waals surface area contributed by atoms with Crippen LogP contribution in [0.25, 0.3) is 11.3 Å². The van der Waals surface area contributed by atoms with Crippen molar-refractivity contribution in [2.75, 3.05) is 0 Å². The lowest BCUT2D eigenvalue weighted by molar-refractivity contribution is 0.289. The minimum atomic E-state index is 0.487. The summed E-state index contributed by atoms with van der Waals surface area (Å²) < 4.78 is 12.4. The second-order valence-corrected chi connectivity index (χ2v) is 7.29. The number of hydrogen-bond donors (Lipinski definition) is 1. The predicted octanol–water partition coefficient (Wildman–Crippen LogP) is 6.11. The van der Waals surface area contributed by atoms with Crippen LogP contribution in [-0.2, 0) is 19.6 Å². The van der Waals surface area contributed by atoms with Crippen molar-refractivity contribution in [2.45, 2.75) is 33.5 Å². The van der Waals surface area contributed by atoms with Gasteiger partial charge >= 0.3 is 0 Å². The van der Waals surface area contributed by atoms with Gasteiger partial charge in [0.15, 0.2) is 0 Å². The fourth-order valence-electron chi connectivity index (χ4n) is 3.36. The van der Waals surface area contributed by atoms with Crippen LogP contribution in [0.2, 0.25) is 0 Å². The number of rotatable bonds is 8. The van der Waals surface area contributed by atoms with E-state index in [2.05, 4.69) is 47.5 Å². The molecule has 0 bridgehead atoms. The Morgan fingerprint density at radius 3 is 1.90 bits per heavy atom. The van der Waals surface area contributed by atoms with Gasteiger partial charge in [-0.2, -0.15) is 5.10 Å². The zero-order valence-corrected chi connectivity index (χ0v) is 17.4. The first-order chi connectivity index (χ1) is 14.7. The molecule has 4 heteroatoms. The highest BCUT2D eigenvalue weighted by molar-refractivity contribution is 5.70. The fourth-order valence-corrected chi connectivity index (χ4v) is 3.36. The third kappa shape index (κ3) is 4.71. The van der Waals surface area contributed by atoms with Crippen molar-refractivity contribution >= 4 is 0 Å². The Morgan fingerprint density at radius 1 is 0.767 bits per heavy atom. The summed E-state index contributed by atoms with van der Waals surface area (Å²) in [6.45, 7) is 5.14. The molecular weight excluding hydrogens is 372 g/mol. The average molecular weight is 399 g/mol. The van der Waals surface area contributed by atoms with Crippen LogP contribution in [0.15, 0.2) is 78.9 Å². The molecule has 0 aliphatic heterocycles. The Morgan fingerprint density at radius 2 is 1.37 bits per heavy atom. The molecule has 0 atom stereocenters. The molecule has 0 saturated carbocycles. The molecule has 30 heavy (non-hydrogen) atoms. The fraction of sp³-hybridized carbons (Fsp3) is 0.192. The first-order valence-electron chi connectivity index (χ1n) is 10.3. The van der Waals surface area contributed by atoms with Crippen LogP contribution >= 0.6 is 0 Å². The molecular formula is C26H26N2O2. The molecule has 4 aromatic rings. The van der Waals surface area contributed by atoms with Gasteiger partial charge in [-0.1, -0.05) is 67.6 Å². The number of ether oxygens (including phenoxy) is 2. The van der Waals surface area contributed by atoms with E-state index in [1.54, 1.807) is 0 Å². The lowest BCUT2D eigenvalue weighted by Gasteiger charge is -2.17. The Kier molecular flexibility index (Phi) is 6.14. The number of H-pyrrole nitrogens is 1. The highest BCUT2D eigenvalue weighted by Crippen LogP contribution is 2.37.